The number of hydrogen-bond donors (Lipinski definition) is 1. The Hall–Kier alpha value is -1.39. The Morgan fingerprint density at radius 2 is 2.11 bits per heavy atom. The Morgan fingerprint density at radius 3 is 2.78 bits per heavy atom. The molecular weight excluding hydrogens is 268 g/mol. The van der Waals surface area contributed by atoms with Crippen LogP contribution in [0.25, 0.3) is 0 Å². The predicted octanol–water partition coefficient (Wildman–Crippen LogP) is 3.14. The van der Waals surface area contributed by atoms with Gasteiger partial charge in [-0.25, -0.2) is 4.98 Å². The molecule has 2 aromatic rings. The van der Waals surface area contributed by atoms with E-state index in [4.69, 9.17) is 11.6 Å². The lowest BCUT2D eigenvalue weighted by Gasteiger charge is -2.17. The number of carbonyl (C=O) groups is 1. The maximum atomic E-state index is 11.7. The summed E-state index contributed by atoms with van der Waals surface area (Å²) < 4.78 is 0.663. The van der Waals surface area contributed by atoms with Gasteiger partial charge in [-0.15, -0.1) is 11.3 Å². The van der Waals surface area contributed by atoms with Gasteiger partial charge in [-0.1, -0.05) is 41.9 Å². The van der Waals surface area contributed by atoms with Crippen molar-refractivity contribution in [3.63, 3.8) is 0 Å². The third kappa shape index (κ3) is 2.13. The first kappa shape index (κ1) is 11.7. The number of halogens is 1. The molecule has 1 aliphatic heterocycles. The van der Waals surface area contributed by atoms with Gasteiger partial charge in [0.2, 0.25) is 5.91 Å². The highest BCUT2D eigenvalue weighted by molar-refractivity contribution is 7.15. The van der Waals surface area contributed by atoms with Gasteiger partial charge in [0, 0.05) is 12.3 Å². The first-order valence-electron chi connectivity index (χ1n) is 5.69. The highest BCUT2D eigenvalue weighted by Crippen LogP contribution is 2.40. The standard InChI is InChI=1S/C13H11ClN2OS/c14-10-7-15-13(18-10)9-6-11(17)16-12(9)8-4-2-1-3-5-8/h1-5,7,9,12H,6H2,(H,16,17). The number of thiazole rings is 1. The van der Waals surface area contributed by atoms with Crippen LogP contribution in [-0.2, 0) is 4.79 Å². The van der Waals surface area contributed by atoms with Crippen molar-refractivity contribution in [3.8, 4) is 0 Å². The zero-order chi connectivity index (χ0) is 12.5. The Morgan fingerprint density at radius 1 is 1.33 bits per heavy atom. The molecule has 0 bridgehead atoms. The molecule has 5 heteroatoms. The van der Waals surface area contributed by atoms with Gasteiger partial charge in [-0.3, -0.25) is 4.79 Å². The molecule has 2 unspecified atom stereocenters. The van der Waals surface area contributed by atoms with E-state index in [-0.39, 0.29) is 17.9 Å². The molecule has 92 valence electrons. The maximum absolute atomic E-state index is 11.7. The highest BCUT2D eigenvalue weighted by Gasteiger charge is 2.36. The molecule has 3 rings (SSSR count). The molecule has 1 fully saturated rings. The van der Waals surface area contributed by atoms with E-state index < -0.39 is 0 Å². The third-order valence-electron chi connectivity index (χ3n) is 3.10. The Bertz CT molecular complexity index is 569. The van der Waals surface area contributed by atoms with Crippen LogP contribution in [0.3, 0.4) is 0 Å². The quantitative estimate of drug-likeness (QED) is 0.917. The van der Waals surface area contributed by atoms with Crippen molar-refractivity contribution < 1.29 is 4.79 Å². The number of rotatable bonds is 2. The molecule has 0 spiro atoms. The predicted molar refractivity (Wildman–Crippen MR) is 71.8 cm³/mol. The van der Waals surface area contributed by atoms with Gasteiger partial charge in [0.15, 0.2) is 0 Å². The van der Waals surface area contributed by atoms with Crippen LogP contribution in [-0.4, -0.2) is 10.9 Å². The summed E-state index contributed by atoms with van der Waals surface area (Å²) in [5.74, 6) is 0.151. The average molecular weight is 279 g/mol. The molecule has 1 aliphatic rings. The molecule has 3 nitrogen and oxygen atoms in total. The topological polar surface area (TPSA) is 42.0 Å². The molecule has 2 atom stereocenters. The number of aromatic nitrogens is 1. The smallest absolute Gasteiger partial charge is 0.221 e. The van der Waals surface area contributed by atoms with E-state index >= 15 is 0 Å². The summed E-state index contributed by atoms with van der Waals surface area (Å²) in [6.45, 7) is 0. The molecule has 0 saturated carbocycles. The molecule has 1 saturated heterocycles. The van der Waals surface area contributed by atoms with Crippen LogP contribution in [0.2, 0.25) is 4.34 Å². The van der Waals surface area contributed by atoms with Crippen molar-refractivity contribution in [2.24, 2.45) is 0 Å². The third-order valence-corrected chi connectivity index (χ3v) is 4.34. The second-order valence-corrected chi connectivity index (χ2v) is 5.96. The summed E-state index contributed by atoms with van der Waals surface area (Å²) in [6, 6.07) is 9.98. The summed E-state index contributed by atoms with van der Waals surface area (Å²) in [5.41, 5.74) is 1.11. The lowest BCUT2D eigenvalue weighted by Crippen LogP contribution is -2.20. The minimum atomic E-state index is 0.000849. The summed E-state index contributed by atoms with van der Waals surface area (Å²) in [6.07, 6.45) is 2.12. The van der Waals surface area contributed by atoms with Gasteiger partial charge >= 0.3 is 0 Å². The van der Waals surface area contributed by atoms with Gasteiger partial charge in [-0.05, 0) is 5.56 Å². The van der Waals surface area contributed by atoms with E-state index in [0.717, 1.165) is 10.6 Å². The number of benzene rings is 1. The monoisotopic (exact) mass is 278 g/mol. The molecule has 1 N–H and O–H groups in total. The van der Waals surface area contributed by atoms with Crippen molar-refractivity contribution >= 4 is 28.8 Å². The fourth-order valence-electron chi connectivity index (χ4n) is 2.29. The largest absolute Gasteiger partial charge is 0.349 e. The van der Waals surface area contributed by atoms with Crippen molar-refractivity contribution in [1.29, 1.82) is 0 Å². The fraction of sp³-hybridized carbons (Fsp3) is 0.231. The fourth-order valence-corrected chi connectivity index (χ4v) is 3.36. The van der Waals surface area contributed by atoms with Crippen molar-refractivity contribution in [2.75, 3.05) is 0 Å². The lowest BCUT2D eigenvalue weighted by molar-refractivity contribution is -0.119. The SMILES string of the molecule is O=C1CC(c2ncc(Cl)s2)C(c2ccccc2)N1. The van der Waals surface area contributed by atoms with Gasteiger partial charge in [0.1, 0.15) is 9.34 Å². The molecule has 1 aromatic heterocycles. The van der Waals surface area contributed by atoms with Gasteiger partial charge < -0.3 is 5.32 Å². The van der Waals surface area contributed by atoms with Crippen LogP contribution in [0.4, 0.5) is 0 Å². The number of hydrogen-bond acceptors (Lipinski definition) is 3. The van der Waals surface area contributed by atoms with Crippen LogP contribution >= 0.6 is 22.9 Å². The van der Waals surface area contributed by atoms with E-state index in [1.165, 1.54) is 11.3 Å². The minimum Gasteiger partial charge on any atom is -0.349 e. The van der Waals surface area contributed by atoms with Crippen molar-refractivity contribution in [3.05, 3.63) is 51.4 Å². The van der Waals surface area contributed by atoms with E-state index in [1.54, 1.807) is 6.20 Å². The molecule has 18 heavy (non-hydrogen) atoms. The lowest BCUT2D eigenvalue weighted by atomic mass is 9.95. The van der Waals surface area contributed by atoms with E-state index in [9.17, 15) is 4.79 Å². The second kappa shape index (κ2) is 4.71. The summed E-state index contributed by atoms with van der Waals surface area (Å²) in [4.78, 5) is 16.0. The number of carbonyl (C=O) groups excluding carboxylic acids is 1. The first-order valence-corrected chi connectivity index (χ1v) is 6.89. The first-order chi connectivity index (χ1) is 8.74. The molecular formula is C13H11ClN2OS. The maximum Gasteiger partial charge on any atom is 0.221 e. The molecule has 2 heterocycles. The van der Waals surface area contributed by atoms with Crippen LogP contribution < -0.4 is 5.32 Å². The normalized spacial score (nSPS) is 23.1. The van der Waals surface area contributed by atoms with Crippen molar-refractivity contribution in [2.45, 2.75) is 18.4 Å². The zero-order valence-corrected chi connectivity index (χ0v) is 11.0. The molecule has 0 aliphatic carbocycles. The summed E-state index contributed by atoms with van der Waals surface area (Å²) in [5, 5.41) is 3.94. The minimum absolute atomic E-state index is 0.000849. The number of nitrogens with zero attached hydrogens (tertiary/aromatic N) is 1. The summed E-state index contributed by atoms with van der Waals surface area (Å²) >= 11 is 7.37. The van der Waals surface area contributed by atoms with Crippen molar-refractivity contribution in [1.82, 2.24) is 10.3 Å². The average Bonchev–Trinajstić information content (AvgIpc) is 2.96. The number of amides is 1. The van der Waals surface area contributed by atoms with E-state index in [2.05, 4.69) is 10.3 Å². The van der Waals surface area contributed by atoms with Gasteiger partial charge in [0.05, 0.1) is 12.2 Å². The van der Waals surface area contributed by atoms with Crippen LogP contribution in [0.5, 0.6) is 0 Å². The Kier molecular flexibility index (Phi) is 3.06. The highest BCUT2D eigenvalue weighted by atomic mass is 35.5. The van der Waals surface area contributed by atoms with E-state index in [1.807, 2.05) is 30.3 Å². The summed E-state index contributed by atoms with van der Waals surface area (Å²) in [7, 11) is 0. The Balaban J connectivity index is 1.95. The van der Waals surface area contributed by atoms with Crippen LogP contribution in [0.15, 0.2) is 36.5 Å². The Labute approximate surface area is 114 Å². The molecule has 0 radical (unpaired) electrons. The molecule has 1 amide bonds. The van der Waals surface area contributed by atoms with E-state index in [0.29, 0.717) is 10.8 Å². The zero-order valence-electron chi connectivity index (χ0n) is 9.47. The number of nitrogens with one attached hydrogen (secondary N) is 1. The van der Waals surface area contributed by atoms with Gasteiger partial charge in [0.25, 0.3) is 0 Å². The van der Waals surface area contributed by atoms with Crippen LogP contribution in [0, 0.1) is 0 Å². The van der Waals surface area contributed by atoms with Crippen LogP contribution in [0.1, 0.15) is 29.0 Å². The van der Waals surface area contributed by atoms with Gasteiger partial charge in [-0.2, -0.15) is 0 Å². The second-order valence-electron chi connectivity index (χ2n) is 4.27. The molecule has 1 aromatic carbocycles.